The van der Waals surface area contributed by atoms with Gasteiger partial charge in [-0.3, -0.25) is 0 Å². The predicted molar refractivity (Wildman–Crippen MR) is 117 cm³/mol. The van der Waals surface area contributed by atoms with E-state index in [1.807, 2.05) is 0 Å². The van der Waals surface area contributed by atoms with Crippen molar-refractivity contribution >= 4 is 11.3 Å². The lowest BCUT2D eigenvalue weighted by atomic mass is 9.80. The van der Waals surface area contributed by atoms with Gasteiger partial charge in [0.2, 0.25) is 0 Å². The van der Waals surface area contributed by atoms with E-state index in [2.05, 4.69) is 99.8 Å². The molecule has 0 amide bonds. The Labute approximate surface area is 166 Å². The second kappa shape index (κ2) is 6.00. The van der Waals surface area contributed by atoms with Gasteiger partial charge in [0.1, 0.15) is 5.75 Å². The first kappa shape index (κ1) is 17.1. The van der Waals surface area contributed by atoms with E-state index in [1.165, 1.54) is 44.6 Å². The molecule has 2 nitrogen and oxygen atoms in total. The second-order valence-corrected chi connectivity index (χ2v) is 8.48. The predicted octanol–water partition coefficient (Wildman–Crippen LogP) is 6.75. The molecule has 3 aromatic carbocycles. The molecule has 0 spiro atoms. The summed E-state index contributed by atoms with van der Waals surface area (Å²) in [5, 5.41) is 3.70. The highest BCUT2D eigenvalue weighted by atomic mass is 16.5. The maximum Gasteiger partial charge on any atom is 0.150 e. The molecule has 0 aliphatic carbocycles. The van der Waals surface area contributed by atoms with Crippen LogP contribution in [-0.2, 0) is 0 Å². The van der Waals surface area contributed by atoms with Gasteiger partial charge in [-0.1, -0.05) is 54.6 Å². The van der Waals surface area contributed by atoms with Crippen LogP contribution in [0.15, 0.2) is 66.7 Å². The molecule has 0 aromatic heterocycles. The molecular formula is C26H25NO. The molecule has 0 radical (unpaired) electrons. The highest BCUT2D eigenvalue weighted by Crippen LogP contribution is 2.51. The number of allylic oxidation sites excluding steroid dienone is 1. The van der Waals surface area contributed by atoms with Gasteiger partial charge in [0.15, 0.2) is 6.10 Å². The first-order chi connectivity index (χ1) is 13.4. The molecular weight excluding hydrogens is 342 g/mol. The lowest BCUT2D eigenvalue weighted by Gasteiger charge is -2.37. The summed E-state index contributed by atoms with van der Waals surface area (Å²) in [7, 11) is 0. The van der Waals surface area contributed by atoms with Crippen molar-refractivity contribution in [1.29, 1.82) is 0 Å². The summed E-state index contributed by atoms with van der Waals surface area (Å²) < 4.78 is 6.64. The van der Waals surface area contributed by atoms with Crippen molar-refractivity contribution in [2.45, 2.75) is 39.3 Å². The van der Waals surface area contributed by atoms with E-state index in [0.717, 1.165) is 5.75 Å². The lowest BCUT2D eigenvalue weighted by molar-refractivity contribution is 0.243. The zero-order chi connectivity index (χ0) is 19.5. The third-order valence-electron chi connectivity index (χ3n) is 5.79. The fraction of sp³-hybridized carbons (Fsp3) is 0.231. The van der Waals surface area contributed by atoms with Crippen molar-refractivity contribution < 1.29 is 4.74 Å². The van der Waals surface area contributed by atoms with Gasteiger partial charge in [0.05, 0.1) is 5.54 Å². The van der Waals surface area contributed by atoms with Crippen LogP contribution < -0.4 is 10.1 Å². The number of rotatable bonds is 1. The van der Waals surface area contributed by atoms with Gasteiger partial charge >= 0.3 is 0 Å². The molecule has 3 aromatic rings. The van der Waals surface area contributed by atoms with Crippen molar-refractivity contribution in [2.75, 3.05) is 5.32 Å². The molecule has 2 aliphatic rings. The Balaban J connectivity index is 1.84. The molecule has 2 aliphatic heterocycles. The Morgan fingerprint density at radius 3 is 2.43 bits per heavy atom. The molecule has 0 saturated carbocycles. The van der Waals surface area contributed by atoms with E-state index in [4.69, 9.17) is 4.74 Å². The maximum atomic E-state index is 6.64. The zero-order valence-electron chi connectivity index (χ0n) is 16.8. The fourth-order valence-corrected chi connectivity index (χ4v) is 4.77. The SMILES string of the molecule is CC1=CC(C)(C)Nc2ccc3c(c21)C(c1ccccc1)Oc1cccc(C)c1-3. The van der Waals surface area contributed by atoms with E-state index in [9.17, 15) is 0 Å². The highest BCUT2D eigenvalue weighted by molar-refractivity contribution is 5.91. The number of benzene rings is 3. The number of hydrogen-bond acceptors (Lipinski definition) is 2. The molecule has 2 heteroatoms. The maximum absolute atomic E-state index is 6.64. The summed E-state index contributed by atoms with van der Waals surface area (Å²) in [6.07, 6.45) is 2.21. The van der Waals surface area contributed by atoms with Gasteiger partial charge in [0, 0.05) is 22.4 Å². The molecule has 1 N–H and O–H groups in total. The molecule has 1 unspecified atom stereocenters. The molecule has 0 bridgehead atoms. The van der Waals surface area contributed by atoms with Gasteiger partial charge in [-0.2, -0.15) is 0 Å². The van der Waals surface area contributed by atoms with E-state index >= 15 is 0 Å². The number of nitrogens with one attached hydrogen (secondary N) is 1. The van der Waals surface area contributed by atoms with E-state index in [-0.39, 0.29) is 11.6 Å². The molecule has 5 rings (SSSR count). The molecule has 0 saturated heterocycles. The van der Waals surface area contributed by atoms with Gasteiger partial charge in [0.25, 0.3) is 0 Å². The number of anilines is 1. The number of aryl methyl sites for hydroxylation is 1. The first-order valence-electron chi connectivity index (χ1n) is 9.91. The Bertz CT molecular complexity index is 1110. The quantitative estimate of drug-likeness (QED) is 0.513. The Morgan fingerprint density at radius 1 is 0.857 bits per heavy atom. The van der Waals surface area contributed by atoms with Crippen LogP contribution in [0.1, 0.15) is 49.1 Å². The average Bonchev–Trinajstić information content (AvgIpc) is 2.66. The lowest BCUT2D eigenvalue weighted by Crippen LogP contribution is -2.32. The van der Waals surface area contributed by atoms with Gasteiger partial charge in [-0.25, -0.2) is 0 Å². The Kier molecular flexibility index (Phi) is 3.67. The topological polar surface area (TPSA) is 21.3 Å². The Morgan fingerprint density at radius 2 is 1.64 bits per heavy atom. The normalized spacial score (nSPS) is 18.7. The minimum absolute atomic E-state index is 0.0586. The van der Waals surface area contributed by atoms with E-state index in [1.54, 1.807) is 0 Å². The van der Waals surface area contributed by atoms with Crippen molar-refractivity contribution in [3.63, 3.8) is 0 Å². The van der Waals surface area contributed by atoms with Crippen LogP contribution in [-0.4, -0.2) is 5.54 Å². The summed E-state index contributed by atoms with van der Waals surface area (Å²) in [6.45, 7) is 8.81. The largest absolute Gasteiger partial charge is 0.480 e. The van der Waals surface area contributed by atoms with Crippen LogP contribution in [0.25, 0.3) is 16.7 Å². The summed E-state index contributed by atoms with van der Waals surface area (Å²) in [6, 6.07) is 21.4. The van der Waals surface area contributed by atoms with Crippen LogP contribution in [0, 0.1) is 6.92 Å². The van der Waals surface area contributed by atoms with Crippen LogP contribution in [0.2, 0.25) is 0 Å². The van der Waals surface area contributed by atoms with Crippen LogP contribution in [0.4, 0.5) is 5.69 Å². The average molecular weight is 367 g/mol. The monoisotopic (exact) mass is 367 g/mol. The molecule has 0 fully saturated rings. The molecule has 28 heavy (non-hydrogen) atoms. The van der Waals surface area contributed by atoms with Gasteiger partial charge in [-0.15, -0.1) is 0 Å². The third-order valence-corrected chi connectivity index (χ3v) is 5.79. The van der Waals surface area contributed by atoms with Crippen molar-refractivity contribution in [1.82, 2.24) is 0 Å². The van der Waals surface area contributed by atoms with Crippen LogP contribution in [0.3, 0.4) is 0 Å². The summed E-state index contributed by atoms with van der Waals surface area (Å²) in [5.74, 6) is 0.965. The molecule has 2 heterocycles. The zero-order valence-corrected chi connectivity index (χ0v) is 16.8. The van der Waals surface area contributed by atoms with Crippen LogP contribution in [0.5, 0.6) is 5.75 Å². The summed E-state index contributed by atoms with van der Waals surface area (Å²) in [5.41, 5.74) is 9.89. The third kappa shape index (κ3) is 2.56. The number of fused-ring (bicyclic) bond motifs is 5. The van der Waals surface area contributed by atoms with Gasteiger partial charge < -0.3 is 10.1 Å². The van der Waals surface area contributed by atoms with E-state index < -0.39 is 0 Å². The molecule has 1 atom stereocenters. The van der Waals surface area contributed by atoms with Crippen molar-refractivity contribution in [3.05, 3.63) is 89.0 Å². The highest BCUT2D eigenvalue weighted by Gasteiger charge is 2.34. The van der Waals surface area contributed by atoms with Crippen LogP contribution >= 0.6 is 0 Å². The summed E-state index contributed by atoms with van der Waals surface area (Å²) in [4.78, 5) is 0. The number of ether oxygens (including phenoxy) is 1. The smallest absolute Gasteiger partial charge is 0.150 e. The first-order valence-corrected chi connectivity index (χ1v) is 9.91. The second-order valence-electron chi connectivity index (χ2n) is 8.48. The van der Waals surface area contributed by atoms with Gasteiger partial charge in [-0.05, 0) is 62.1 Å². The number of hydrogen-bond donors (Lipinski definition) is 1. The van der Waals surface area contributed by atoms with Crippen molar-refractivity contribution in [3.8, 4) is 16.9 Å². The van der Waals surface area contributed by atoms with Crippen molar-refractivity contribution in [2.24, 2.45) is 0 Å². The Hall–Kier alpha value is -3.00. The fourth-order valence-electron chi connectivity index (χ4n) is 4.77. The summed E-state index contributed by atoms with van der Waals surface area (Å²) >= 11 is 0. The minimum atomic E-state index is -0.119. The minimum Gasteiger partial charge on any atom is -0.480 e. The van der Waals surface area contributed by atoms with E-state index in [0.29, 0.717) is 0 Å². The molecule has 140 valence electrons. The standard InChI is InChI=1S/C26H25NO/c1-16-9-8-12-21-22(16)19-13-14-20-23(17(2)15-26(3,4)27-20)24(19)25(28-21)18-10-6-5-7-11-18/h5-15,25,27H,1-4H3.